The average Bonchev–Trinajstić information content (AvgIpc) is 3.16. The molecule has 0 radical (unpaired) electrons. The van der Waals surface area contributed by atoms with Crippen molar-refractivity contribution in [3.63, 3.8) is 0 Å². The zero-order valence-corrected chi connectivity index (χ0v) is 12.7. The molecule has 0 unspecified atom stereocenters. The van der Waals surface area contributed by atoms with Gasteiger partial charge in [0.05, 0.1) is 15.7 Å². The summed E-state index contributed by atoms with van der Waals surface area (Å²) in [5.41, 5.74) is 0.461. The standard InChI is InChI=1S/C14H16Cl2N2O2/c1-9(19)18(8-7-13(20)17-10-5-6-10)14-11(15)3-2-4-12(14)16/h2-4,10H,5-8H2,1H3,(H,17,20). The maximum absolute atomic E-state index is 11.8. The van der Waals surface area contributed by atoms with Gasteiger partial charge < -0.3 is 10.2 Å². The van der Waals surface area contributed by atoms with Crippen LogP contribution in [0.3, 0.4) is 0 Å². The van der Waals surface area contributed by atoms with E-state index >= 15 is 0 Å². The fourth-order valence-electron chi connectivity index (χ4n) is 1.91. The van der Waals surface area contributed by atoms with Crippen LogP contribution in [0, 0.1) is 0 Å². The van der Waals surface area contributed by atoms with Crippen LogP contribution in [0.15, 0.2) is 18.2 Å². The first-order valence-corrected chi connectivity index (χ1v) is 7.26. The van der Waals surface area contributed by atoms with E-state index in [2.05, 4.69) is 5.32 Å². The van der Waals surface area contributed by atoms with Gasteiger partial charge in [0, 0.05) is 25.9 Å². The number of nitrogens with one attached hydrogen (secondary N) is 1. The first-order valence-electron chi connectivity index (χ1n) is 6.50. The Morgan fingerprint density at radius 1 is 1.30 bits per heavy atom. The molecule has 0 aliphatic heterocycles. The smallest absolute Gasteiger partial charge is 0.223 e. The van der Waals surface area contributed by atoms with Gasteiger partial charge in [-0.3, -0.25) is 9.59 Å². The molecule has 0 atom stereocenters. The first kappa shape index (κ1) is 15.1. The van der Waals surface area contributed by atoms with Gasteiger partial charge in [-0.25, -0.2) is 0 Å². The second-order valence-electron chi connectivity index (χ2n) is 4.83. The number of hydrogen-bond donors (Lipinski definition) is 1. The van der Waals surface area contributed by atoms with E-state index in [4.69, 9.17) is 23.2 Å². The van der Waals surface area contributed by atoms with Crippen LogP contribution in [0.5, 0.6) is 0 Å². The molecule has 1 aliphatic carbocycles. The first-order chi connectivity index (χ1) is 9.49. The summed E-state index contributed by atoms with van der Waals surface area (Å²) in [5, 5.41) is 3.68. The van der Waals surface area contributed by atoms with Crippen LogP contribution in [0.4, 0.5) is 5.69 Å². The van der Waals surface area contributed by atoms with Crippen LogP contribution in [-0.4, -0.2) is 24.4 Å². The van der Waals surface area contributed by atoms with Gasteiger partial charge in [-0.05, 0) is 25.0 Å². The number of carbonyl (C=O) groups excluding carboxylic acids is 2. The minimum absolute atomic E-state index is 0.0538. The molecule has 0 heterocycles. The molecule has 1 aromatic carbocycles. The van der Waals surface area contributed by atoms with Crippen molar-refractivity contribution in [1.82, 2.24) is 5.32 Å². The lowest BCUT2D eigenvalue weighted by Gasteiger charge is -2.23. The summed E-state index contributed by atoms with van der Waals surface area (Å²) < 4.78 is 0. The zero-order chi connectivity index (χ0) is 14.7. The van der Waals surface area contributed by atoms with Crippen LogP contribution < -0.4 is 10.2 Å². The molecule has 1 N–H and O–H groups in total. The summed E-state index contributed by atoms with van der Waals surface area (Å²) in [5.74, 6) is -0.249. The molecule has 4 nitrogen and oxygen atoms in total. The Morgan fingerprint density at radius 3 is 2.40 bits per heavy atom. The molecule has 20 heavy (non-hydrogen) atoms. The monoisotopic (exact) mass is 314 g/mol. The van der Waals surface area contributed by atoms with Crippen molar-refractivity contribution >= 4 is 40.7 Å². The van der Waals surface area contributed by atoms with E-state index in [-0.39, 0.29) is 24.8 Å². The fourth-order valence-corrected chi connectivity index (χ4v) is 2.52. The molecular formula is C14H16Cl2N2O2. The second-order valence-corrected chi connectivity index (χ2v) is 5.65. The van der Waals surface area contributed by atoms with Gasteiger partial charge in [0.1, 0.15) is 0 Å². The molecule has 1 fully saturated rings. The number of anilines is 1. The Kier molecular flexibility index (Phi) is 4.89. The van der Waals surface area contributed by atoms with E-state index in [0.717, 1.165) is 12.8 Å². The summed E-state index contributed by atoms with van der Waals surface area (Å²) in [6, 6.07) is 5.37. The molecule has 0 aromatic heterocycles. The summed E-state index contributed by atoms with van der Waals surface area (Å²) in [7, 11) is 0. The van der Waals surface area contributed by atoms with Crippen molar-refractivity contribution in [2.24, 2.45) is 0 Å². The third-order valence-corrected chi connectivity index (χ3v) is 3.70. The third kappa shape index (κ3) is 3.87. The molecule has 2 amide bonds. The Bertz CT molecular complexity index is 510. The second kappa shape index (κ2) is 6.46. The molecule has 0 spiro atoms. The molecule has 1 aliphatic rings. The number of para-hydroxylation sites is 1. The minimum atomic E-state index is -0.195. The van der Waals surface area contributed by atoms with Crippen molar-refractivity contribution < 1.29 is 9.59 Å². The molecule has 1 aromatic rings. The lowest BCUT2D eigenvalue weighted by molar-refractivity contribution is -0.121. The topological polar surface area (TPSA) is 49.4 Å². The number of rotatable bonds is 5. The van der Waals surface area contributed by atoms with Crippen molar-refractivity contribution in [2.45, 2.75) is 32.2 Å². The quantitative estimate of drug-likeness (QED) is 0.908. The van der Waals surface area contributed by atoms with E-state index in [0.29, 0.717) is 21.8 Å². The van der Waals surface area contributed by atoms with E-state index in [1.54, 1.807) is 18.2 Å². The summed E-state index contributed by atoms with van der Waals surface area (Å²) >= 11 is 12.2. The van der Waals surface area contributed by atoms with Crippen LogP contribution in [0.25, 0.3) is 0 Å². The lowest BCUT2D eigenvalue weighted by atomic mass is 10.2. The Labute approximate surface area is 128 Å². The van der Waals surface area contributed by atoms with Crippen molar-refractivity contribution in [2.75, 3.05) is 11.4 Å². The number of hydrogen-bond acceptors (Lipinski definition) is 2. The molecule has 6 heteroatoms. The van der Waals surface area contributed by atoms with Crippen LogP contribution in [-0.2, 0) is 9.59 Å². The van der Waals surface area contributed by atoms with Gasteiger partial charge >= 0.3 is 0 Å². The highest BCUT2D eigenvalue weighted by Gasteiger charge is 2.24. The lowest BCUT2D eigenvalue weighted by Crippen LogP contribution is -2.34. The summed E-state index contributed by atoms with van der Waals surface area (Å²) in [6.07, 6.45) is 2.31. The van der Waals surface area contributed by atoms with E-state index < -0.39 is 0 Å². The van der Waals surface area contributed by atoms with Crippen molar-refractivity contribution in [3.8, 4) is 0 Å². The highest BCUT2D eigenvalue weighted by atomic mass is 35.5. The van der Waals surface area contributed by atoms with Crippen LogP contribution in [0.1, 0.15) is 26.2 Å². The van der Waals surface area contributed by atoms with Gasteiger partial charge in [-0.15, -0.1) is 0 Å². The van der Waals surface area contributed by atoms with Crippen LogP contribution >= 0.6 is 23.2 Å². The normalized spacial score (nSPS) is 13.9. The largest absolute Gasteiger partial charge is 0.353 e. The Morgan fingerprint density at radius 2 is 1.90 bits per heavy atom. The average molecular weight is 315 g/mol. The number of halogens is 2. The van der Waals surface area contributed by atoms with E-state index in [1.807, 2.05) is 0 Å². The van der Waals surface area contributed by atoms with Gasteiger partial charge in [-0.1, -0.05) is 29.3 Å². The molecule has 1 saturated carbocycles. The Hall–Kier alpha value is -1.26. The van der Waals surface area contributed by atoms with Crippen molar-refractivity contribution in [3.05, 3.63) is 28.2 Å². The molecule has 2 rings (SSSR count). The summed E-state index contributed by atoms with van der Waals surface area (Å²) in [4.78, 5) is 24.9. The molecule has 108 valence electrons. The Balaban J connectivity index is 2.06. The van der Waals surface area contributed by atoms with Gasteiger partial charge in [0.15, 0.2) is 0 Å². The molecule has 0 saturated heterocycles. The number of amides is 2. The predicted molar refractivity (Wildman–Crippen MR) is 80.3 cm³/mol. The molecular weight excluding hydrogens is 299 g/mol. The van der Waals surface area contributed by atoms with Gasteiger partial charge in [0.25, 0.3) is 0 Å². The maximum atomic E-state index is 11.8. The van der Waals surface area contributed by atoms with Crippen molar-refractivity contribution in [1.29, 1.82) is 0 Å². The zero-order valence-electron chi connectivity index (χ0n) is 11.2. The number of nitrogens with zero attached hydrogens (tertiary/aromatic N) is 1. The highest BCUT2D eigenvalue weighted by molar-refractivity contribution is 6.39. The number of benzene rings is 1. The fraction of sp³-hybridized carbons (Fsp3) is 0.429. The van der Waals surface area contributed by atoms with Gasteiger partial charge in [-0.2, -0.15) is 0 Å². The van der Waals surface area contributed by atoms with E-state index in [1.165, 1.54) is 11.8 Å². The number of carbonyl (C=O) groups is 2. The van der Waals surface area contributed by atoms with E-state index in [9.17, 15) is 9.59 Å². The molecule has 0 bridgehead atoms. The highest BCUT2D eigenvalue weighted by Crippen LogP contribution is 2.33. The maximum Gasteiger partial charge on any atom is 0.223 e. The summed E-state index contributed by atoms with van der Waals surface area (Å²) in [6.45, 7) is 1.69. The SMILES string of the molecule is CC(=O)N(CCC(=O)NC1CC1)c1c(Cl)cccc1Cl. The van der Waals surface area contributed by atoms with Crippen LogP contribution in [0.2, 0.25) is 10.0 Å². The minimum Gasteiger partial charge on any atom is -0.353 e. The predicted octanol–water partition coefficient (Wildman–Crippen LogP) is 3.02. The van der Waals surface area contributed by atoms with Gasteiger partial charge in [0.2, 0.25) is 11.8 Å². The third-order valence-electron chi connectivity index (χ3n) is 3.09.